The Kier molecular flexibility index (Phi) is 5.80. The minimum atomic E-state index is 0.0749. The van der Waals surface area contributed by atoms with Gasteiger partial charge in [-0.1, -0.05) is 53.5 Å². The predicted octanol–water partition coefficient (Wildman–Crippen LogP) is 4.18. The van der Waals surface area contributed by atoms with Crippen LogP contribution in [-0.4, -0.2) is 19.4 Å². The van der Waals surface area contributed by atoms with Crippen LogP contribution >= 0.6 is 23.2 Å². The molecule has 1 N–H and O–H groups in total. The second-order valence-corrected chi connectivity index (χ2v) is 5.69. The first-order valence-corrected chi connectivity index (χ1v) is 7.57. The molecular weight excluding hydrogens is 305 g/mol. The molecule has 110 valence electrons. The summed E-state index contributed by atoms with van der Waals surface area (Å²) in [6.45, 7) is 0.839. The van der Waals surface area contributed by atoms with Crippen molar-refractivity contribution in [3.8, 4) is 0 Å². The highest BCUT2D eigenvalue weighted by atomic mass is 35.5. The average molecular weight is 322 g/mol. The highest BCUT2D eigenvalue weighted by molar-refractivity contribution is 6.35. The number of rotatable bonds is 6. The van der Waals surface area contributed by atoms with E-state index >= 15 is 0 Å². The van der Waals surface area contributed by atoms with Crippen molar-refractivity contribution in [2.45, 2.75) is 12.8 Å². The third kappa shape index (κ3) is 4.31. The Bertz CT molecular complexity index is 640. The summed E-state index contributed by atoms with van der Waals surface area (Å²) in [5.41, 5.74) is 2.62. The lowest BCUT2D eigenvalue weighted by molar-refractivity contribution is 0.0992. The SMILES string of the molecule is CNCCc1ccccc1C(=O)Cc1ccc(Cl)cc1Cl. The lowest BCUT2D eigenvalue weighted by atomic mass is 9.97. The van der Waals surface area contributed by atoms with Gasteiger partial charge in [-0.2, -0.15) is 0 Å². The molecular formula is C17H17Cl2NO. The van der Waals surface area contributed by atoms with Crippen LogP contribution in [0.15, 0.2) is 42.5 Å². The van der Waals surface area contributed by atoms with Crippen molar-refractivity contribution in [3.63, 3.8) is 0 Å². The van der Waals surface area contributed by atoms with Crippen LogP contribution in [0.4, 0.5) is 0 Å². The zero-order chi connectivity index (χ0) is 15.2. The van der Waals surface area contributed by atoms with Crippen molar-refractivity contribution < 1.29 is 4.79 Å². The Morgan fingerprint density at radius 2 is 1.86 bits per heavy atom. The van der Waals surface area contributed by atoms with Crippen LogP contribution in [0, 0.1) is 0 Å². The standard InChI is InChI=1S/C17H17Cl2NO/c1-20-9-8-12-4-2-3-5-15(12)17(21)10-13-6-7-14(18)11-16(13)19/h2-7,11,20H,8-10H2,1H3. The molecule has 0 unspecified atom stereocenters. The van der Waals surface area contributed by atoms with Gasteiger partial charge in [-0.15, -0.1) is 0 Å². The van der Waals surface area contributed by atoms with Gasteiger partial charge < -0.3 is 5.32 Å². The first-order chi connectivity index (χ1) is 10.1. The summed E-state index contributed by atoms with van der Waals surface area (Å²) in [5.74, 6) is 0.0749. The summed E-state index contributed by atoms with van der Waals surface area (Å²) in [7, 11) is 1.90. The molecule has 21 heavy (non-hydrogen) atoms. The zero-order valence-electron chi connectivity index (χ0n) is 11.8. The third-order valence-electron chi connectivity index (χ3n) is 3.33. The van der Waals surface area contributed by atoms with Gasteiger partial charge in [-0.3, -0.25) is 4.79 Å². The Hall–Kier alpha value is -1.35. The van der Waals surface area contributed by atoms with Crippen molar-refractivity contribution in [1.82, 2.24) is 5.32 Å². The number of carbonyl (C=O) groups is 1. The van der Waals surface area contributed by atoms with E-state index in [0.29, 0.717) is 10.0 Å². The summed E-state index contributed by atoms with van der Waals surface area (Å²) in [6.07, 6.45) is 1.11. The third-order valence-corrected chi connectivity index (χ3v) is 3.92. The Morgan fingerprint density at radius 3 is 2.57 bits per heavy atom. The summed E-state index contributed by atoms with van der Waals surface area (Å²) in [6, 6.07) is 12.9. The van der Waals surface area contributed by atoms with Crippen molar-refractivity contribution in [1.29, 1.82) is 0 Å². The molecule has 0 atom stereocenters. The predicted molar refractivity (Wildman–Crippen MR) is 88.6 cm³/mol. The van der Waals surface area contributed by atoms with Crippen LogP contribution in [0.5, 0.6) is 0 Å². The number of Topliss-reactive ketones (excluding diaryl/α,β-unsaturated/α-hetero) is 1. The minimum absolute atomic E-state index is 0.0749. The van der Waals surface area contributed by atoms with Crippen molar-refractivity contribution >= 4 is 29.0 Å². The molecule has 0 saturated heterocycles. The maximum absolute atomic E-state index is 12.5. The molecule has 0 radical (unpaired) electrons. The summed E-state index contributed by atoms with van der Waals surface area (Å²) in [4.78, 5) is 12.5. The lowest BCUT2D eigenvalue weighted by Gasteiger charge is -2.09. The largest absolute Gasteiger partial charge is 0.319 e. The highest BCUT2D eigenvalue weighted by Crippen LogP contribution is 2.23. The van der Waals surface area contributed by atoms with Crippen LogP contribution in [0.3, 0.4) is 0 Å². The second-order valence-electron chi connectivity index (χ2n) is 4.85. The zero-order valence-corrected chi connectivity index (χ0v) is 13.3. The molecule has 2 aromatic carbocycles. The van der Waals surface area contributed by atoms with E-state index < -0.39 is 0 Å². The first-order valence-electron chi connectivity index (χ1n) is 6.81. The fourth-order valence-corrected chi connectivity index (χ4v) is 2.68. The quantitative estimate of drug-likeness (QED) is 0.808. The number of hydrogen-bond acceptors (Lipinski definition) is 2. The van der Waals surface area contributed by atoms with Crippen molar-refractivity contribution in [2.75, 3.05) is 13.6 Å². The number of nitrogens with one attached hydrogen (secondary N) is 1. The first kappa shape index (κ1) is 16.0. The van der Waals surface area contributed by atoms with Gasteiger partial charge in [-0.05, 0) is 43.3 Å². The number of hydrogen-bond donors (Lipinski definition) is 1. The molecule has 0 aliphatic rings. The van der Waals surface area contributed by atoms with Gasteiger partial charge in [0.1, 0.15) is 0 Å². The molecule has 0 spiro atoms. The lowest BCUT2D eigenvalue weighted by Crippen LogP contribution is -2.14. The molecule has 0 saturated carbocycles. The fourth-order valence-electron chi connectivity index (χ4n) is 2.20. The van der Waals surface area contributed by atoms with Crippen LogP contribution in [0.1, 0.15) is 21.5 Å². The van der Waals surface area contributed by atoms with Gasteiger partial charge >= 0.3 is 0 Å². The number of likely N-dealkylation sites (N-methyl/N-ethyl adjacent to an activating group) is 1. The van der Waals surface area contributed by atoms with Crippen LogP contribution in [0.2, 0.25) is 10.0 Å². The number of benzene rings is 2. The number of ketones is 1. The van der Waals surface area contributed by atoms with Gasteiger partial charge in [0.05, 0.1) is 0 Å². The molecule has 0 bridgehead atoms. The molecule has 2 rings (SSSR count). The van der Waals surface area contributed by atoms with Crippen LogP contribution in [-0.2, 0) is 12.8 Å². The minimum Gasteiger partial charge on any atom is -0.319 e. The van der Waals surface area contributed by atoms with E-state index in [2.05, 4.69) is 5.32 Å². The monoisotopic (exact) mass is 321 g/mol. The van der Waals surface area contributed by atoms with E-state index in [0.717, 1.165) is 29.7 Å². The van der Waals surface area contributed by atoms with Gasteiger partial charge in [0.25, 0.3) is 0 Å². The number of halogens is 2. The highest BCUT2D eigenvalue weighted by Gasteiger charge is 2.13. The van der Waals surface area contributed by atoms with E-state index in [-0.39, 0.29) is 12.2 Å². The molecule has 2 aromatic rings. The van der Waals surface area contributed by atoms with E-state index in [1.807, 2.05) is 31.3 Å². The topological polar surface area (TPSA) is 29.1 Å². The summed E-state index contributed by atoms with van der Waals surface area (Å²) >= 11 is 12.0. The molecule has 0 fully saturated rings. The molecule has 0 amide bonds. The molecule has 0 heterocycles. The smallest absolute Gasteiger partial charge is 0.167 e. The van der Waals surface area contributed by atoms with E-state index in [4.69, 9.17) is 23.2 Å². The fraction of sp³-hybridized carbons (Fsp3) is 0.235. The summed E-state index contributed by atoms with van der Waals surface area (Å²) < 4.78 is 0. The van der Waals surface area contributed by atoms with Crippen LogP contribution in [0.25, 0.3) is 0 Å². The van der Waals surface area contributed by atoms with E-state index in [9.17, 15) is 4.79 Å². The van der Waals surface area contributed by atoms with Gasteiger partial charge in [0, 0.05) is 22.0 Å². The summed E-state index contributed by atoms with van der Waals surface area (Å²) in [5, 5.41) is 4.21. The molecule has 0 aliphatic carbocycles. The Labute approximate surface area is 135 Å². The van der Waals surface area contributed by atoms with E-state index in [1.54, 1.807) is 18.2 Å². The Morgan fingerprint density at radius 1 is 1.10 bits per heavy atom. The molecule has 4 heteroatoms. The Balaban J connectivity index is 2.20. The molecule has 0 aromatic heterocycles. The van der Waals surface area contributed by atoms with Gasteiger partial charge in [-0.25, -0.2) is 0 Å². The second kappa shape index (κ2) is 7.60. The molecule has 2 nitrogen and oxygen atoms in total. The van der Waals surface area contributed by atoms with Gasteiger partial charge in [0.15, 0.2) is 5.78 Å². The van der Waals surface area contributed by atoms with Crippen LogP contribution < -0.4 is 5.32 Å². The maximum Gasteiger partial charge on any atom is 0.167 e. The normalized spacial score (nSPS) is 10.6. The molecule has 0 aliphatic heterocycles. The maximum atomic E-state index is 12.5. The van der Waals surface area contributed by atoms with Crippen molar-refractivity contribution in [3.05, 3.63) is 69.2 Å². The number of carbonyl (C=O) groups excluding carboxylic acids is 1. The van der Waals surface area contributed by atoms with Gasteiger partial charge in [0.2, 0.25) is 0 Å². The van der Waals surface area contributed by atoms with Crippen molar-refractivity contribution in [2.24, 2.45) is 0 Å². The average Bonchev–Trinajstić information content (AvgIpc) is 2.48. The van der Waals surface area contributed by atoms with E-state index in [1.165, 1.54) is 0 Å².